The number of amides is 1. The van der Waals surface area contributed by atoms with Gasteiger partial charge in [0.05, 0.1) is 14.7 Å². The summed E-state index contributed by atoms with van der Waals surface area (Å²) in [5, 5.41) is 8.29. The van der Waals surface area contributed by atoms with Crippen molar-refractivity contribution in [2.45, 2.75) is 20.4 Å². The van der Waals surface area contributed by atoms with Gasteiger partial charge in [-0.15, -0.1) is 0 Å². The average Bonchev–Trinajstić information content (AvgIpc) is 3.06. The smallest absolute Gasteiger partial charge is 0.277 e. The van der Waals surface area contributed by atoms with Crippen LogP contribution in [-0.4, -0.2) is 20.7 Å². The van der Waals surface area contributed by atoms with Gasteiger partial charge in [0.25, 0.3) is 5.91 Å². The molecule has 0 aliphatic rings. The van der Waals surface area contributed by atoms with Crippen molar-refractivity contribution in [1.82, 2.24) is 14.8 Å². The summed E-state index contributed by atoms with van der Waals surface area (Å²) in [5.41, 5.74) is 1.89. The number of hydrogen-bond donors (Lipinski definition) is 1. The van der Waals surface area contributed by atoms with E-state index in [9.17, 15) is 4.79 Å². The molecule has 0 atom stereocenters. The molecule has 0 spiro atoms. The van der Waals surface area contributed by atoms with Crippen LogP contribution < -0.4 is 5.32 Å². The quantitative estimate of drug-likeness (QED) is 0.758. The minimum atomic E-state index is -0.295. The standard InChI is InChI=1S/C14H12Cl2N4OS/c1-3-20-7(2)6-9(19-20)13(21)18-14-17-12-10(22-14)5-4-8(15)11(12)16/h4-6H,3H2,1-2H3,(H,17,18,21). The van der Waals surface area contributed by atoms with Crippen LogP contribution in [0.2, 0.25) is 10.0 Å². The van der Waals surface area contributed by atoms with Gasteiger partial charge in [0.2, 0.25) is 0 Å². The predicted octanol–water partition coefficient (Wildman–Crippen LogP) is 4.38. The van der Waals surface area contributed by atoms with Crippen molar-refractivity contribution >= 4 is 55.8 Å². The van der Waals surface area contributed by atoms with E-state index >= 15 is 0 Å². The van der Waals surface area contributed by atoms with E-state index in [1.165, 1.54) is 11.3 Å². The molecule has 1 amide bonds. The summed E-state index contributed by atoms with van der Waals surface area (Å²) in [4.78, 5) is 16.6. The third-order valence-corrected chi connectivity index (χ3v) is 4.92. The maximum absolute atomic E-state index is 12.2. The van der Waals surface area contributed by atoms with E-state index < -0.39 is 0 Å². The second-order valence-corrected chi connectivity index (χ2v) is 6.48. The molecule has 0 fully saturated rings. The molecule has 2 aromatic heterocycles. The van der Waals surface area contributed by atoms with E-state index in [0.717, 1.165) is 10.4 Å². The molecule has 22 heavy (non-hydrogen) atoms. The highest BCUT2D eigenvalue weighted by Gasteiger charge is 2.15. The van der Waals surface area contributed by atoms with Crippen molar-refractivity contribution in [2.24, 2.45) is 0 Å². The maximum Gasteiger partial charge on any atom is 0.277 e. The third-order valence-electron chi connectivity index (χ3n) is 3.19. The van der Waals surface area contributed by atoms with Crippen LogP contribution >= 0.6 is 34.5 Å². The zero-order chi connectivity index (χ0) is 15.9. The fourth-order valence-electron chi connectivity index (χ4n) is 2.09. The Morgan fingerprint density at radius 1 is 1.41 bits per heavy atom. The Bertz CT molecular complexity index is 871. The Morgan fingerprint density at radius 3 is 2.86 bits per heavy atom. The van der Waals surface area contributed by atoms with Gasteiger partial charge >= 0.3 is 0 Å². The van der Waals surface area contributed by atoms with Gasteiger partial charge in [-0.25, -0.2) is 4.98 Å². The second-order valence-electron chi connectivity index (χ2n) is 4.67. The molecule has 3 rings (SSSR count). The van der Waals surface area contributed by atoms with Crippen molar-refractivity contribution in [2.75, 3.05) is 5.32 Å². The number of nitrogens with one attached hydrogen (secondary N) is 1. The van der Waals surface area contributed by atoms with Gasteiger partial charge in [0, 0.05) is 12.2 Å². The van der Waals surface area contributed by atoms with Gasteiger partial charge in [-0.05, 0) is 32.0 Å². The SMILES string of the molecule is CCn1nc(C(=O)Nc2nc3c(Cl)c(Cl)ccc3s2)cc1C. The summed E-state index contributed by atoms with van der Waals surface area (Å²) in [5.74, 6) is -0.295. The van der Waals surface area contributed by atoms with Crippen LogP contribution in [0.5, 0.6) is 0 Å². The molecule has 0 radical (unpaired) electrons. The molecule has 0 unspecified atom stereocenters. The van der Waals surface area contributed by atoms with E-state index in [2.05, 4.69) is 15.4 Å². The highest BCUT2D eigenvalue weighted by molar-refractivity contribution is 7.22. The van der Waals surface area contributed by atoms with E-state index in [1.54, 1.807) is 16.8 Å². The second kappa shape index (κ2) is 5.87. The summed E-state index contributed by atoms with van der Waals surface area (Å²) < 4.78 is 2.63. The van der Waals surface area contributed by atoms with Gasteiger partial charge in [-0.3, -0.25) is 14.8 Å². The number of rotatable bonds is 3. The number of hydrogen-bond acceptors (Lipinski definition) is 4. The van der Waals surface area contributed by atoms with Crippen LogP contribution in [0, 0.1) is 6.92 Å². The van der Waals surface area contributed by atoms with Gasteiger partial charge in [0.1, 0.15) is 5.52 Å². The lowest BCUT2D eigenvalue weighted by molar-refractivity contribution is 0.102. The molecule has 5 nitrogen and oxygen atoms in total. The molecule has 2 heterocycles. The summed E-state index contributed by atoms with van der Waals surface area (Å²) in [6.07, 6.45) is 0. The molecule has 0 aliphatic heterocycles. The molecule has 114 valence electrons. The average molecular weight is 355 g/mol. The summed E-state index contributed by atoms with van der Waals surface area (Å²) in [6, 6.07) is 5.28. The number of anilines is 1. The zero-order valence-electron chi connectivity index (χ0n) is 11.9. The Morgan fingerprint density at radius 2 is 2.18 bits per heavy atom. The normalized spacial score (nSPS) is 11.1. The van der Waals surface area contributed by atoms with Crippen molar-refractivity contribution < 1.29 is 4.79 Å². The minimum absolute atomic E-state index is 0.295. The molecule has 1 aromatic carbocycles. The fraction of sp³-hybridized carbons (Fsp3) is 0.214. The first kappa shape index (κ1) is 15.3. The van der Waals surface area contributed by atoms with E-state index in [1.807, 2.05) is 19.9 Å². The monoisotopic (exact) mass is 354 g/mol. The molecule has 0 aliphatic carbocycles. The topological polar surface area (TPSA) is 59.8 Å². The van der Waals surface area contributed by atoms with E-state index in [0.29, 0.717) is 32.9 Å². The first-order valence-corrected chi connectivity index (χ1v) is 8.17. The van der Waals surface area contributed by atoms with Crippen LogP contribution in [0.3, 0.4) is 0 Å². The number of aryl methyl sites for hydroxylation is 2. The molecule has 0 saturated heterocycles. The Hall–Kier alpha value is -1.63. The molecule has 1 N–H and O–H groups in total. The Kier molecular flexibility index (Phi) is 4.08. The highest BCUT2D eigenvalue weighted by atomic mass is 35.5. The highest BCUT2D eigenvalue weighted by Crippen LogP contribution is 2.35. The number of halogens is 2. The number of benzene rings is 1. The van der Waals surface area contributed by atoms with Gasteiger partial charge in [-0.2, -0.15) is 5.10 Å². The third kappa shape index (κ3) is 2.69. The van der Waals surface area contributed by atoms with Crippen LogP contribution in [-0.2, 0) is 6.54 Å². The van der Waals surface area contributed by atoms with Crippen LogP contribution in [0.25, 0.3) is 10.2 Å². The number of carbonyl (C=O) groups excluding carboxylic acids is 1. The Labute approximate surface area is 140 Å². The largest absolute Gasteiger partial charge is 0.296 e. The predicted molar refractivity (Wildman–Crippen MR) is 90.2 cm³/mol. The lowest BCUT2D eigenvalue weighted by Crippen LogP contribution is -2.13. The number of fused-ring (bicyclic) bond motifs is 1. The number of nitrogens with zero attached hydrogens (tertiary/aromatic N) is 3. The van der Waals surface area contributed by atoms with Crippen molar-refractivity contribution in [3.63, 3.8) is 0 Å². The fourth-order valence-corrected chi connectivity index (χ4v) is 3.38. The summed E-state index contributed by atoms with van der Waals surface area (Å²) in [6.45, 7) is 4.60. The number of carbonyl (C=O) groups is 1. The van der Waals surface area contributed by atoms with E-state index in [4.69, 9.17) is 23.2 Å². The Balaban J connectivity index is 1.89. The molecule has 3 aromatic rings. The van der Waals surface area contributed by atoms with Crippen molar-refractivity contribution in [1.29, 1.82) is 0 Å². The molecule has 0 saturated carbocycles. The molecular weight excluding hydrogens is 343 g/mol. The maximum atomic E-state index is 12.2. The van der Waals surface area contributed by atoms with Crippen molar-refractivity contribution in [3.8, 4) is 0 Å². The first-order chi connectivity index (χ1) is 10.5. The minimum Gasteiger partial charge on any atom is -0.296 e. The first-order valence-electron chi connectivity index (χ1n) is 6.60. The van der Waals surface area contributed by atoms with Crippen LogP contribution in [0.4, 0.5) is 5.13 Å². The van der Waals surface area contributed by atoms with E-state index in [-0.39, 0.29) is 5.91 Å². The molecule has 0 bridgehead atoms. The van der Waals surface area contributed by atoms with Crippen LogP contribution in [0.1, 0.15) is 23.1 Å². The lowest BCUT2D eigenvalue weighted by Gasteiger charge is -1.98. The van der Waals surface area contributed by atoms with Gasteiger partial charge in [-0.1, -0.05) is 34.5 Å². The van der Waals surface area contributed by atoms with Crippen LogP contribution in [0.15, 0.2) is 18.2 Å². The van der Waals surface area contributed by atoms with Gasteiger partial charge in [0.15, 0.2) is 10.8 Å². The summed E-state index contributed by atoms with van der Waals surface area (Å²) >= 11 is 13.4. The molecule has 8 heteroatoms. The lowest BCUT2D eigenvalue weighted by atomic mass is 10.3. The summed E-state index contributed by atoms with van der Waals surface area (Å²) in [7, 11) is 0. The number of aromatic nitrogens is 3. The van der Waals surface area contributed by atoms with Crippen molar-refractivity contribution in [3.05, 3.63) is 39.6 Å². The van der Waals surface area contributed by atoms with Gasteiger partial charge < -0.3 is 0 Å². The molecular formula is C14H12Cl2N4OS. The number of thiazole rings is 1. The zero-order valence-corrected chi connectivity index (χ0v) is 14.2.